The lowest BCUT2D eigenvalue weighted by atomic mass is 10.0. The van der Waals surface area contributed by atoms with E-state index in [2.05, 4.69) is 34.7 Å². The quantitative estimate of drug-likeness (QED) is 0.358. The molecule has 0 amide bonds. The fourth-order valence-corrected chi connectivity index (χ4v) is 5.91. The fraction of sp³-hybridized carbons (Fsp3) is 0.167. The van der Waals surface area contributed by atoms with Crippen molar-refractivity contribution in [3.63, 3.8) is 0 Å². The Morgan fingerprint density at radius 2 is 2.03 bits per heavy atom. The van der Waals surface area contributed by atoms with Gasteiger partial charge in [0.05, 0.1) is 21.1 Å². The molecule has 0 aliphatic carbocycles. The van der Waals surface area contributed by atoms with Crippen LogP contribution in [0.5, 0.6) is 0 Å². The Kier molecular flexibility index (Phi) is 5.63. The first-order valence-electron chi connectivity index (χ1n) is 10.0. The third kappa shape index (κ3) is 3.92. The predicted octanol–water partition coefficient (Wildman–Crippen LogP) is 6.40. The highest BCUT2D eigenvalue weighted by atomic mass is 35.5. The molecule has 0 spiro atoms. The Morgan fingerprint density at radius 3 is 2.84 bits per heavy atom. The molecular weight excluding hydrogens is 446 g/mol. The number of pyridine rings is 1. The van der Waals surface area contributed by atoms with Crippen LogP contribution in [-0.4, -0.2) is 22.0 Å². The van der Waals surface area contributed by atoms with Crippen LogP contribution in [0.15, 0.2) is 71.3 Å². The molecule has 4 nitrogen and oxygen atoms in total. The van der Waals surface area contributed by atoms with Gasteiger partial charge in [0, 0.05) is 33.4 Å². The largest absolute Gasteiger partial charge is 0.384 e. The van der Waals surface area contributed by atoms with E-state index in [-0.39, 0.29) is 6.04 Å². The molecule has 1 aliphatic rings. The normalized spacial score (nSPS) is 16.9. The van der Waals surface area contributed by atoms with Crippen LogP contribution in [-0.2, 0) is 0 Å². The minimum atomic E-state index is -0.784. The van der Waals surface area contributed by atoms with Crippen molar-refractivity contribution < 1.29 is 5.11 Å². The maximum Gasteiger partial charge on any atom is 0.143 e. The number of aliphatic hydroxyl groups excluding tert-OH is 1. The average molecular weight is 466 g/mol. The van der Waals surface area contributed by atoms with Gasteiger partial charge in [-0.15, -0.1) is 22.7 Å². The predicted molar refractivity (Wildman–Crippen MR) is 131 cm³/mol. The third-order valence-electron chi connectivity index (χ3n) is 5.32. The second kappa shape index (κ2) is 8.55. The van der Waals surface area contributed by atoms with Crippen molar-refractivity contribution in [3.8, 4) is 10.4 Å². The van der Waals surface area contributed by atoms with Crippen molar-refractivity contribution >= 4 is 50.3 Å². The van der Waals surface area contributed by atoms with Gasteiger partial charge in [-0.25, -0.2) is 0 Å². The van der Waals surface area contributed by atoms with E-state index < -0.39 is 6.10 Å². The number of aliphatic hydroxyl groups is 1. The minimum absolute atomic E-state index is 0.132. The van der Waals surface area contributed by atoms with Crippen LogP contribution in [0.4, 0.5) is 0 Å². The molecule has 2 atom stereocenters. The Labute approximate surface area is 193 Å². The number of hydrogen-bond donors (Lipinski definition) is 2. The molecule has 1 aromatic carbocycles. The Hall–Kier alpha value is -2.51. The number of fused-ring (bicyclic) bond motifs is 1. The molecule has 3 aromatic heterocycles. The van der Waals surface area contributed by atoms with Crippen molar-refractivity contribution in [1.29, 1.82) is 0 Å². The molecule has 0 saturated carbocycles. The van der Waals surface area contributed by atoms with Crippen molar-refractivity contribution in [2.24, 2.45) is 4.99 Å². The monoisotopic (exact) mass is 465 g/mol. The topological polar surface area (TPSA) is 57.5 Å². The third-order valence-corrected chi connectivity index (χ3v) is 7.70. The highest BCUT2D eigenvalue weighted by molar-refractivity contribution is 7.20. The first kappa shape index (κ1) is 20.4. The van der Waals surface area contributed by atoms with Crippen molar-refractivity contribution in [3.05, 3.63) is 87.3 Å². The van der Waals surface area contributed by atoms with E-state index in [0.29, 0.717) is 5.02 Å². The number of nitrogens with zero attached hydrogens (tertiary/aromatic N) is 2. The SMILES string of the molecule is CCC1C=CNC(c2sc(-c3ccnc4ccsc34)cc2C(O)c2ccc(Cl)cc2)=N1. The van der Waals surface area contributed by atoms with E-state index >= 15 is 0 Å². The molecule has 156 valence electrons. The summed E-state index contributed by atoms with van der Waals surface area (Å²) in [6.07, 6.45) is 5.98. The standard InChI is InChI=1S/C24H20ClN3OS2/c1-2-16-7-10-27-24(28-16)23-18(21(29)14-3-5-15(25)6-4-14)13-20(31-23)17-8-11-26-19-9-12-30-22(17)19/h3-13,16,21,29H,2H2,1H3,(H,27,28). The van der Waals surface area contributed by atoms with E-state index in [1.807, 2.05) is 36.7 Å². The van der Waals surface area contributed by atoms with Gasteiger partial charge in [0.25, 0.3) is 0 Å². The maximum atomic E-state index is 11.3. The molecule has 4 aromatic rings. The second-order valence-electron chi connectivity index (χ2n) is 7.30. The summed E-state index contributed by atoms with van der Waals surface area (Å²) in [5.41, 5.74) is 3.74. The van der Waals surface area contributed by atoms with Gasteiger partial charge in [0.15, 0.2) is 0 Å². The molecule has 4 heterocycles. The number of aromatic nitrogens is 1. The van der Waals surface area contributed by atoms with Crippen molar-refractivity contribution in [2.45, 2.75) is 25.5 Å². The summed E-state index contributed by atoms with van der Waals surface area (Å²) in [7, 11) is 0. The van der Waals surface area contributed by atoms with Crippen LogP contribution in [0.3, 0.4) is 0 Å². The molecule has 31 heavy (non-hydrogen) atoms. The summed E-state index contributed by atoms with van der Waals surface area (Å²) in [6.45, 7) is 2.12. The van der Waals surface area contributed by atoms with Crippen molar-refractivity contribution in [2.75, 3.05) is 0 Å². The van der Waals surface area contributed by atoms with E-state index in [1.165, 1.54) is 0 Å². The van der Waals surface area contributed by atoms with Gasteiger partial charge in [0.2, 0.25) is 0 Å². The van der Waals surface area contributed by atoms with Crippen LogP contribution in [0.25, 0.3) is 20.7 Å². The van der Waals surface area contributed by atoms with Crippen LogP contribution >= 0.6 is 34.3 Å². The molecule has 5 rings (SSSR count). The number of hydrogen-bond acceptors (Lipinski definition) is 6. The summed E-state index contributed by atoms with van der Waals surface area (Å²) in [5, 5.41) is 17.3. The molecular formula is C24H20ClN3OS2. The van der Waals surface area contributed by atoms with Gasteiger partial charge in [-0.05, 0) is 53.8 Å². The van der Waals surface area contributed by atoms with Crippen LogP contribution in [0.1, 0.15) is 35.5 Å². The molecule has 0 fully saturated rings. The zero-order valence-electron chi connectivity index (χ0n) is 16.7. The van der Waals surface area contributed by atoms with Crippen molar-refractivity contribution in [1.82, 2.24) is 10.3 Å². The second-order valence-corrected chi connectivity index (χ2v) is 9.70. The first-order valence-corrected chi connectivity index (χ1v) is 12.1. The number of benzene rings is 1. The Morgan fingerprint density at radius 1 is 1.19 bits per heavy atom. The summed E-state index contributed by atoms with van der Waals surface area (Å²) in [5.74, 6) is 0.796. The first-order chi connectivity index (χ1) is 15.1. The average Bonchev–Trinajstić information content (AvgIpc) is 3.46. The van der Waals surface area contributed by atoms with E-state index in [0.717, 1.165) is 48.9 Å². The number of aliphatic imine (C=N–C) groups is 1. The zero-order valence-corrected chi connectivity index (χ0v) is 19.1. The van der Waals surface area contributed by atoms with E-state index in [1.54, 1.807) is 34.8 Å². The van der Waals surface area contributed by atoms with Gasteiger partial charge in [-0.3, -0.25) is 9.98 Å². The van der Waals surface area contributed by atoms with Gasteiger partial charge in [-0.1, -0.05) is 30.7 Å². The van der Waals surface area contributed by atoms with Gasteiger partial charge < -0.3 is 10.4 Å². The van der Waals surface area contributed by atoms with Crippen LogP contribution in [0.2, 0.25) is 5.02 Å². The van der Waals surface area contributed by atoms with Crippen LogP contribution < -0.4 is 5.32 Å². The lowest BCUT2D eigenvalue weighted by Crippen LogP contribution is -2.25. The Bertz CT molecular complexity index is 1290. The number of nitrogens with one attached hydrogen (secondary N) is 1. The molecule has 2 unspecified atom stereocenters. The fourth-order valence-electron chi connectivity index (χ4n) is 3.65. The highest BCUT2D eigenvalue weighted by Crippen LogP contribution is 2.41. The summed E-state index contributed by atoms with van der Waals surface area (Å²) < 4.78 is 1.15. The number of rotatable bonds is 5. The Balaban J connectivity index is 1.66. The zero-order chi connectivity index (χ0) is 21.4. The molecule has 0 saturated heterocycles. The van der Waals surface area contributed by atoms with Gasteiger partial charge in [-0.2, -0.15) is 0 Å². The number of amidine groups is 1. The summed E-state index contributed by atoms with van der Waals surface area (Å²) in [6, 6.07) is 13.6. The molecule has 0 radical (unpaired) electrons. The lowest BCUT2D eigenvalue weighted by molar-refractivity contribution is 0.220. The molecule has 2 N–H and O–H groups in total. The highest BCUT2D eigenvalue weighted by Gasteiger charge is 2.24. The minimum Gasteiger partial charge on any atom is -0.384 e. The molecule has 7 heteroatoms. The number of halogens is 1. The van der Waals surface area contributed by atoms with E-state index in [9.17, 15) is 5.11 Å². The molecule has 1 aliphatic heterocycles. The summed E-state index contributed by atoms with van der Waals surface area (Å²) >= 11 is 9.38. The van der Waals surface area contributed by atoms with E-state index in [4.69, 9.17) is 16.6 Å². The lowest BCUT2D eigenvalue weighted by Gasteiger charge is -2.18. The van der Waals surface area contributed by atoms with Gasteiger partial charge in [0.1, 0.15) is 11.9 Å². The maximum absolute atomic E-state index is 11.3. The smallest absolute Gasteiger partial charge is 0.143 e. The molecule has 0 bridgehead atoms. The summed E-state index contributed by atoms with van der Waals surface area (Å²) in [4.78, 5) is 11.4. The van der Waals surface area contributed by atoms with Crippen LogP contribution in [0, 0.1) is 0 Å². The van der Waals surface area contributed by atoms with Gasteiger partial charge >= 0.3 is 0 Å². The number of thiophene rings is 2.